The zero-order valence-corrected chi connectivity index (χ0v) is 28.1. The molecule has 0 fully saturated rings. The second-order valence-corrected chi connectivity index (χ2v) is 15.1. The van der Waals surface area contributed by atoms with Gasteiger partial charge < -0.3 is 0 Å². The highest BCUT2D eigenvalue weighted by Crippen LogP contribution is 2.64. The zero-order chi connectivity index (χ0) is 33.4. The molecule has 52 heavy (non-hydrogen) atoms. The molecule has 0 saturated carbocycles. The van der Waals surface area contributed by atoms with Crippen molar-refractivity contribution in [2.75, 3.05) is 0 Å². The Balaban J connectivity index is 1.31. The van der Waals surface area contributed by atoms with E-state index in [4.69, 9.17) is 0 Å². The van der Waals surface area contributed by atoms with Crippen LogP contribution in [0.2, 0.25) is 0 Å². The number of hydrogen-bond donors (Lipinski definition) is 0. The van der Waals surface area contributed by atoms with Gasteiger partial charge in [-0.2, -0.15) is 0 Å². The summed E-state index contributed by atoms with van der Waals surface area (Å²) in [5, 5.41) is 4.04. The van der Waals surface area contributed by atoms with E-state index >= 15 is 0 Å². The molecule has 2 aromatic heterocycles. The van der Waals surface area contributed by atoms with Crippen LogP contribution in [0.15, 0.2) is 164 Å². The molecule has 10 aromatic rings. The first-order chi connectivity index (χ1) is 25.9. The average molecular weight is 655 g/mol. The molecule has 0 amide bonds. The van der Waals surface area contributed by atoms with Gasteiger partial charge in [0.1, 0.15) is 5.65 Å². The lowest BCUT2D eigenvalue weighted by Crippen LogP contribution is -2.58. The van der Waals surface area contributed by atoms with Crippen molar-refractivity contribution in [3.8, 4) is 39.1 Å². The molecule has 8 aromatic carbocycles. The number of aromatic nitrogens is 2. The Kier molecular flexibility index (Phi) is 4.37. The summed E-state index contributed by atoms with van der Waals surface area (Å²) in [6, 6.07) is 62.4. The minimum atomic E-state index is -0.469. The van der Waals surface area contributed by atoms with Gasteiger partial charge in [-0.05, 0) is 101 Å². The zero-order valence-electron chi connectivity index (χ0n) is 28.1. The molecule has 2 nitrogen and oxygen atoms in total. The monoisotopic (exact) mass is 654 g/mol. The minimum absolute atomic E-state index is 0.0771. The molecule has 0 saturated heterocycles. The van der Waals surface area contributed by atoms with Crippen LogP contribution in [0.25, 0.3) is 77.4 Å². The van der Waals surface area contributed by atoms with E-state index in [1.54, 1.807) is 0 Å². The van der Waals surface area contributed by atoms with Gasteiger partial charge in [0, 0.05) is 11.3 Å². The summed E-state index contributed by atoms with van der Waals surface area (Å²) >= 11 is 0. The Morgan fingerprint density at radius 1 is 0.442 bits per heavy atom. The summed E-state index contributed by atoms with van der Waals surface area (Å²) in [7, 11) is 0. The van der Waals surface area contributed by atoms with E-state index in [0.29, 0.717) is 0 Å². The molecule has 236 valence electrons. The first kappa shape index (κ1) is 26.3. The Morgan fingerprint density at radius 2 is 1.02 bits per heavy atom. The highest BCUT2D eigenvalue weighted by molar-refractivity contribution is 7.02. The van der Waals surface area contributed by atoms with Crippen LogP contribution in [-0.4, -0.2) is 15.7 Å². The summed E-state index contributed by atoms with van der Waals surface area (Å²) in [6.45, 7) is 0.0771. The molecule has 4 aliphatic rings. The number of hydrogen-bond acceptors (Lipinski definition) is 0. The SMILES string of the molecule is c1ccc2c(c1)-c1ccccc1C21c2ccccc2-c2cc3c4c(c21)-n1c2ccccc2n2c5ccccc5c(c12)B4c1cccc2cccc-3c12. The molecule has 2 aliphatic heterocycles. The smallest absolute Gasteiger partial charge is 0.251 e. The lowest BCUT2D eigenvalue weighted by Gasteiger charge is -2.38. The maximum atomic E-state index is 2.68. The van der Waals surface area contributed by atoms with E-state index in [-0.39, 0.29) is 6.71 Å². The van der Waals surface area contributed by atoms with Gasteiger partial charge in [-0.1, -0.05) is 145 Å². The van der Waals surface area contributed by atoms with Crippen molar-refractivity contribution in [3.63, 3.8) is 0 Å². The van der Waals surface area contributed by atoms with Crippen LogP contribution in [0, 0.1) is 0 Å². The molecule has 2 aliphatic carbocycles. The van der Waals surface area contributed by atoms with Crippen LogP contribution in [-0.2, 0) is 5.41 Å². The first-order valence-corrected chi connectivity index (χ1v) is 18.4. The minimum Gasteiger partial charge on any atom is -0.295 e. The van der Waals surface area contributed by atoms with Crippen molar-refractivity contribution in [2.24, 2.45) is 0 Å². The largest absolute Gasteiger partial charge is 0.295 e. The molecular weight excluding hydrogens is 627 g/mol. The molecule has 4 heterocycles. The molecule has 0 bridgehead atoms. The van der Waals surface area contributed by atoms with E-state index in [1.165, 1.54) is 116 Å². The quantitative estimate of drug-likeness (QED) is 0.144. The van der Waals surface area contributed by atoms with E-state index in [9.17, 15) is 0 Å². The van der Waals surface area contributed by atoms with Crippen LogP contribution in [0.1, 0.15) is 22.3 Å². The Bertz CT molecular complexity index is 3270. The van der Waals surface area contributed by atoms with Gasteiger partial charge in [-0.3, -0.25) is 8.97 Å². The first-order valence-electron chi connectivity index (χ1n) is 18.4. The van der Waals surface area contributed by atoms with Crippen molar-refractivity contribution >= 4 is 61.5 Å². The topological polar surface area (TPSA) is 9.34 Å². The van der Waals surface area contributed by atoms with Gasteiger partial charge in [-0.25, -0.2) is 0 Å². The molecule has 1 spiro atoms. The van der Waals surface area contributed by atoms with E-state index < -0.39 is 5.41 Å². The summed E-state index contributed by atoms with van der Waals surface area (Å²) in [4.78, 5) is 0. The van der Waals surface area contributed by atoms with Gasteiger partial charge in [0.2, 0.25) is 0 Å². The average Bonchev–Trinajstić information content (AvgIpc) is 3.91. The standard InChI is InChI=1S/C49H27BN2/c1-5-20-36-29(15-1)30-16-2-6-21-37(30)49(36)38-22-7-3-17-31(38)34-27-35-32-19-11-13-28-14-12-23-39(43(28)32)50-45(35)47(44(34)49)52-42-26-10-9-25-41(42)51-40-24-8-4-18-33(40)46(50)48(51)52/h1-27H. The third kappa shape index (κ3) is 2.63. The van der Waals surface area contributed by atoms with Crippen LogP contribution in [0.4, 0.5) is 0 Å². The number of fused-ring (bicyclic) bond motifs is 21. The maximum absolute atomic E-state index is 2.68. The van der Waals surface area contributed by atoms with Crippen molar-refractivity contribution in [1.29, 1.82) is 0 Å². The van der Waals surface area contributed by atoms with Crippen molar-refractivity contribution in [2.45, 2.75) is 5.41 Å². The predicted octanol–water partition coefficient (Wildman–Crippen LogP) is 9.34. The Labute approximate surface area is 299 Å². The summed E-state index contributed by atoms with van der Waals surface area (Å²) in [6.07, 6.45) is 0. The molecular formula is C49H27BN2. The highest BCUT2D eigenvalue weighted by Gasteiger charge is 2.55. The molecule has 0 atom stereocenters. The highest BCUT2D eigenvalue weighted by atomic mass is 15.1. The fourth-order valence-electron chi connectivity index (χ4n) is 11.5. The molecule has 0 N–H and O–H groups in total. The Hall–Kier alpha value is -6.58. The number of para-hydroxylation sites is 3. The van der Waals surface area contributed by atoms with Crippen LogP contribution >= 0.6 is 0 Å². The van der Waals surface area contributed by atoms with Crippen molar-refractivity contribution in [3.05, 3.63) is 186 Å². The maximum Gasteiger partial charge on any atom is 0.251 e. The number of rotatable bonds is 0. The van der Waals surface area contributed by atoms with Gasteiger partial charge in [-0.15, -0.1) is 0 Å². The lowest BCUT2D eigenvalue weighted by molar-refractivity contribution is 0.786. The van der Waals surface area contributed by atoms with E-state index in [0.717, 1.165) is 0 Å². The van der Waals surface area contributed by atoms with Crippen LogP contribution in [0.3, 0.4) is 0 Å². The van der Waals surface area contributed by atoms with Crippen LogP contribution < -0.4 is 16.4 Å². The van der Waals surface area contributed by atoms with Gasteiger partial charge in [0.25, 0.3) is 6.71 Å². The Morgan fingerprint density at radius 3 is 1.75 bits per heavy atom. The summed E-state index contributed by atoms with van der Waals surface area (Å²) in [5.41, 5.74) is 23.8. The van der Waals surface area contributed by atoms with Gasteiger partial charge >= 0.3 is 0 Å². The lowest BCUT2D eigenvalue weighted by atomic mass is 9.32. The third-order valence-electron chi connectivity index (χ3n) is 13.1. The molecule has 3 heteroatoms. The predicted molar refractivity (Wildman–Crippen MR) is 216 cm³/mol. The van der Waals surface area contributed by atoms with Crippen molar-refractivity contribution in [1.82, 2.24) is 8.97 Å². The fourth-order valence-corrected chi connectivity index (χ4v) is 11.5. The third-order valence-corrected chi connectivity index (χ3v) is 13.1. The summed E-state index contributed by atoms with van der Waals surface area (Å²) in [5.74, 6) is 0. The molecule has 0 radical (unpaired) electrons. The second kappa shape index (κ2) is 8.65. The molecule has 0 unspecified atom stereocenters. The van der Waals surface area contributed by atoms with Gasteiger partial charge in [0.15, 0.2) is 0 Å². The van der Waals surface area contributed by atoms with E-state index in [1.807, 2.05) is 0 Å². The number of nitrogens with zero attached hydrogens (tertiary/aromatic N) is 2. The van der Waals surface area contributed by atoms with Crippen molar-refractivity contribution < 1.29 is 0 Å². The number of benzene rings is 8. The fraction of sp³-hybridized carbons (Fsp3) is 0.0204. The second-order valence-electron chi connectivity index (χ2n) is 15.1. The van der Waals surface area contributed by atoms with E-state index in [2.05, 4.69) is 173 Å². The normalized spacial score (nSPS) is 14.7. The van der Waals surface area contributed by atoms with Gasteiger partial charge in [0.05, 0.1) is 22.0 Å². The number of imidazole rings is 1. The van der Waals surface area contributed by atoms with Crippen LogP contribution in [0.5, 0.6) is 0 Å². The summed E-state index contributed by atoms with van der Waals surface area (Å²) < 4.78 is 5.25. The molecule has 14 rings (SSSR count).